The molecule has 0 bridgehead atoms. The Labute approximate surface area is 176 Å². The summed E-state index contributed by atoms with van der Waals surface area (Å²) in [7, 11) is 0. The molecule has 168 valence electrons. The van der Waals surface area contributed by atoms with Gasteiger partial charge in [0.05, 0.1) is 11.6 Å². The summed E-state index contributed by atoms with van der Waals surface area (Å²) in [5.41, 5.74) is -0.0449. The van der Waals surface area contributed by atoms with Crippen LogP contribution in [0.5, 0.6) is 0 Å². The van der Waals surface area contributed by atoms with Crippen molar-refractivity contribution in [3.8, 4) is 0 Å². The summed E-state index contributed by atoms with van der Waals surface area (Å²) in [6.45, 7) is 4.45. The number of ether oxygens (including phenoxy) is 2. The number of esters is 2. The SMILES string of the molecule is CCn1cc(C(=O)OC(=O)C(F)(F)F)c(=O)c2cc(CCCO[C@@H]3CCNC3)ccc21. The number of nitrogens with zero attached hydrogens (tertiary/aromatic N) is 1. The third-order valence-corrected chi connectivity index (χ3v) is 5.10. The average molecular weight is 440 g/mol. The highest BCUT2D eigenvalue weighted by molar-refractivity contribution is 6.00. The van der Waals surface area contributed by atoms with Crippen molar-refractivity contribution < 1.29 is 32.2 Å². The highest BCUT2D eigenvalue weighted by Gasteiger charge is 2.43. The third kappa shape index (κ3) is 5.50. The number of carbonyl (C=O) groups is 2. The zero-order chi connectivity index (χ0) is 22.6. The molecule has 2 aromatic rings. The number of halogens is 3. The molecule has 1 fully saturated rings. The van der Waals surface area contributed by atoms with E-state index in [9.17, 15) is 27.6 Å². The van der Waals surface area contributed by atoms with Gasteiger partial charge in [-0.1, -0.05) is 6.07 Å². The van der Waals surface area contributed by atoms with E-state index < -0.39 is 29.1 Å². The lowest BCUT2D eigenvalue weighted by Gasteiger charge is -2.13. The highest BCUT2D eigenvalue weighted by atomic mass is 19.4. The largest absolute Gasteiger partial charge is 0.491 e. The van der Waals surface area contributed by atoms with Crippen LogP contribution in [0.15, 0.2) is 29.2 Å². The van der Waals surface area contributed by atoms with Gasteiger partial charge in [0.1, 0.15) is 5.56 Å². The molecule has 0 spiro atoms. The molecule has 1 aliphatic rings. The van der Waals surface area contributed by atoms with E-state index in [2.05, 4.69) is 10.1 Å². The fourth-order valence-electron chi connectivity index (χ4n) is 3.50. The van der Waals surface area contributed by atoms with Crippen LogP contribution in [0.2, 0.25) is 0 Å². The normalized spacial score (nSPS) is 16.6. The average Bonchev–Trinajstić information content (AvgIpc) is 3.24. The molecule has 1 aromatic heterocycles. The van der Waals surface area contributed by atoms with Crippen LogP contribution in [0.4, 0.5) is 13.2 Å². The first-order valence-electron chi connectivity index (χ1n) is 10.0. The molecule has 0 unspecified atom stereocenters. The lowest BCUT2D eigenvalue weighted by atomic mass is 10.0. The maximum Gasteiger partial charge on any atom is 0.491 e. The lowest BCUT2D eigenvalue weighted by Crippen LogP contribution is -2.30. The van der Waals surface area contributed by atoms with Crippen molar-refractivity contribution in [3.63, 3.8) is 0 Å². The number of aryl methyl sites for hydroxylation is 2. The number of pyridine rings is 1. The second-order valence-electron chi connectivity index (χ2n) is 7.27. The number of fused-ring (bicyclic) bond motifs is 1. The summed E-state index contributed by atoms with van der Waals surface area (Å²) in [6.07, 6.45) is -1.68. The number of hydrogen-bond donors (Lipinski definition) is 1. The monoisotopic (exact) mass is 440 g/mol. The van der Waals surface area contributed by atoms with Crippen molar-refractivity contribution in [2.24, 2.45) is 0 Å². The molecule has 1 atom stereocenters. The molecule has 0 aliphatic carbocycles. The predicted molar refractivity (Wildman–Crippen MR) is 106 cm³/mol. The number of alkyl halides is 3. The first-order valence-corrected chi connectivity index (χ1v) is 10.0. The smallest absolute Gasteiger partial charge is 0.382 e. The molecule has 0 radical (unpaired) electrons. The predicted octanol–water partition coefficient (Wildman–Crippen LogP) is 2.58. The second kappa shape index (κ2) is 9.61. The number of rotatable bonds is 7. The number of carbonyl (C=O) groups excluding carboxylic acids is 2. The summed E-state index contributed by atoms with van der Waals surface area (Å²) in [6, 6.07) is 5.20. The van der Waals surface area contributed by atoms with Crippen LogP contribution in [-0.4, -0.2) is 48.5 Å². The Bertz CT molecular complexity index is 1030. The summed E-state index contributed by atoms with van der Waals surface area (Å²) >= 11 is 0. The number of aromatic nitrogens is 1. The second-order valence-corrected chi connectivity index (χ2v) is 7.27. The molecule has 1 N–H and O–H groups in total. The molecule has 0 amide bonds. The number of nitrogens with one attached hydrogen (secondary N) is 1. The van der Waals surface area contributed by atoms with E-state index in [0.29, 0.717) is 25.1 Å². The topological polar surface area (TPSA) is 86.6 Å². The molecular weight excluding hydrogens is 417 g/mol. The van der Waals surface area contributed by atoms with Crippen LogP contribution in [-0.2, 0) is 27.2 Å². The van der Waals surface area contributed by atoms with Crippen molar-refractivity contribution in [3.05, 3.63) is 45.7 Å². The highest BCUT2D eigenvalue weighted by Crippen LogP contribution is 2.19. The standard InChI is InChI=1S/C21H23F3N2O5/c1-2-26-12-16(19(28)31-20(29)21(22,23)24)18(27)15-10-13(5-6-17(15)26)4-3-9-30-14-7-8-25-11-14/h5-6,10,12,14,25H,2-4,7-9,11H2,1H3/t14-/m1/s1. The van der Waals surface area contributed by atoms with Gasteiger partial charge in [-0.05, 0) is 50.4 Å². The minimum Gasteiger partial charge on any atom is -0.382 e. The molecule has 1 aliphatic heterocycles. The van der Waals surface area contributed by atoms with Crippen LogP contribution in [0.25, 0.3) is 10.9 Å². The maximum absolute atomic E-state index is 12.8. The Morgan fingerprint density at radius 2 is 2.06 bits per heavy atom. The molecule has 1 aromatic carbocycles. The van der Waals surface area contributed by atoms with E-state index in [4.69, 9.17) is 4.74 Å². The van der Waals surface area contributed by atoms with E-state index >= 15 is 0 Å². The Balaban J connectivity index is 1.80. The van der Waals surface area contributed by atoms with Gasteiger partial charge in [0.2, 0.25) is 5.43 Å². The summed E-state index contributed by atoms with van der Waals surface area (Å²) in [5.74, 6) is -4.29. The van der Waals surface area contributed by atoms with Gasteiger partial charge in [-0.3, -0.25) is 4.79 Å². The molecule has 7 nitrogen and oxygen atoms in total. The van der Waals surface area contributed by atoms with Crippen LogP contribution in [0.3, 0.4) is 0 Å². The van der Waals surface area contributed by atoms with E-state index in [1.165, 1.54) is 0 Å². The van der Waals surface area contributed by atoms with Gasteiger partial charge in [0, 0.05) is 31.3 Å². The Kier molecular flexibility index (Phi) is 7.11. The van der Waals surface area contributed by atoms with E-state index in [1.54, 1.807) is 23.6 Å². The third-order valence-electron chi connectivity index (χ3n) is 5.10. The summed E-state index contributed by atoms with van der Waals surface area (Å²) in [4.78, 5) is 35.8. The quantitative estimate of drug-likeness (QED) is 0.405. The molecule has 31 heavy (non-hydrogen) atoms. The van der Waals surface area contributed by atoms with E-state index in [0.717, 1.165) is 37.7 Å². The van der Waals surface area contributed by atoms with Gasteiger partial charge in [0.15, 0.2) is 0 Å². The van der Waals surface area contributed by atoms with Crippen LogP contribution < -0.4 is 10.7 Å². The molecule has 2 heterocycles. The maximum atomic E-state index is 12.8. The van der Waals surface area contributed by atoms with Crippen molar-refractivity contribution in [2.75, 3.05) is 19.7 Å². The molecule has 3 rings (SSSR count). The van der Waals surface area contributed by atoms with Crippen LogP contribution in [0, 0.1) is 0 Å². The van der Waals surface area contributed by atoms with Crippen molar-refractivity contribution >= 4 is 22.8 Å². The number of hydrogen-bond acceptors (Lipinski definition) is 6. The van der Waals surface area contributed by atoms with Gasteiger partial charge < -0.3 is 19.4 Å². The van der Waals surface area contributed by atoms with Crippen molar-refractivity contribution in [2.45, 2.75) is 45.0 Å². The fraction of sp³-hybridized carbons (Fsp3) is 0.476. The Morgan fingerprint density at radius 1 is 1.29 bits per heavy atom. The van der Waals surface area contributed by atoms with Crippen LogP contribution in [0.1, 0.15) is 35.7 Å². The molecule has 10 heteroatoms. The first kappa shape index (κ1) is 23.0. The molecule has 1 saturated heterocycles. The zero-order valence-corrected chi connectivity index (χ0v) is 17.0. The molecular formula is C21H23F3N2O5. The molecule has 0 saturated carbocycles. The van der Waals surface area contributed by atoms with Gasteiger partial charge in [0.25, 0.3) is 0 Å². The van der Waals surface area contributed by atoms with Crippen LogP contribution >= 0.6 is 0 Å². The Hall–Kier alpha value is -2.72. The minimum atomic E-state index is -5.33. The van der Waals surface area contributed by atoms with Gasteiger partial charge in [-0.2, -0.15) is 13.2 Å². The zero-order valence-electron chi connectivity index (χ0n) is 17.0. The van der Waals surface area contributed by atoms with E-state index in [1.807, 2.05) is 6.07 Å². The van der Waals surface area contributed by atoms with Crippen molar-refractivity contribution in [1.29, 1.82) is 0 Å². The fourth-order valence-corrected chi connectivity index (χ4v) is 3.50. The van der Waals surface area contributed by atoms with Gasteiger partial charge in [-0.15, -0.1) is 0 Å². The lowest BCUT2D eigenvalue weighted by molar-refractivity contribution is -0.193. The van der Waals surface area contributed by atoms with E-state index in [-0.39, 0.29) is 11.5 Å². The Morgan fingerprint density at radius 3 is 2.71 bits per heavy atom. The number of benzene rings is 1. The van der Waals surface area contributed by atoms with Crippen molar-refractivity contribution in [1.82, 2.24) is 9.88 Å². The summed E-state index contributed by atoms with van der Waals surface area (Å²) in [5, 5.41) is 3.39. The van der Waals surface area contributed by atoms with Gasteiger partial charge >= 0.3 is 18.1 Å². The summed E-state index contributed by atoms with van der Waals surface area (Å²) < 4.78 is 48.4. The first-order chi connectivity index (χ1) is 14.7. The minimum absolute atomic E-state index is 0.175. The van der Waals surface area contributed by atoms with Gasteiger partial charge in [-0.25, -0.2) is 9.59 Å².